The van der Waals surface area contributed by atoms with Crippen molar-refractivity contribution in [2.75, 3.05) is 0 Å². The molecule has 0 bridgehead atoms. The van der Waals surface area contributed by atoms with Gasteiger partial charge in [0.05, 0.1) is 5.41 Å². The minimum Gasteiger partial charge on any atom is -0.462 e. The van der Waals surface area contributed by atoms with Crippen LogP contribution >= 0.6 is 0 Å². The van der Waals surface area contributed by atoms with Crippen LogP contribution in [0.25, 0.3) is 0 Å². The van der Waals surface area contributed by atoms with Crippen LogP contribution in [0.1, 0.15) is 126 Å². The van der Waals surface area contributed by atoms with Crippen LogP contribution in [-0.4, -0.2) is 12.1 Å². The van der Waals surface area contributed by atoms with Crippen molar-refractivity contribution in [3.8, 4) is 0 Å². The monoisotopic (exact) mass is 470 g/mol. The van der Waals surface area contributed by atoms with E-state index in [0.717, 1.165) is 48.3 Å². The molecule has 0 aliphatic heterocycles. The molecule has 8 atom stereocenters. The van der Waals surface area contributed by atoms with Crippen molar-refractivity contribution >= 4 is 5.97 Å². The fourth-order valence-electron chi connectivity index (χ4n) is 9.08. The van der Waals surface area contributed by atoms with Gasteiger partial charge < -0.3 is 4.74 Å². The van der Waals surface area contributed by atoms with Gasteiger partial charge in [-0.05, 0) is 112 Å². The molecule has 3 saturated carbocycles. The number of rotatable bonds is 6. The lowest BCUT2D eigenvalue weighted by molar-refractivity contribution is -0.161. The number of fused-ring (bicyclic) bond motifs is 5. The van der Waals surface area contributed by atoms with Gasteiger partial charge in [-0.15, -0.1) is 0 Å². The van der Waals surface area contributed by atoms with Crippen molar-refractivity contribution in [1.82, 2.24) is 0 Å². The van der Waals surface area contributed by atoms with E-state index in [2.05, 4.69) is 40.7 Å². The molecule has 0 amide bonds. The zero-order valence-electron chi connectivity index (χ0n) is 23.7. The summed E-state index contributed by atoms with van der Waals surface area (Å²) >= 11 is 0. The molecule has 0 radical (unpaired) electrons. The minimum atomic E-state index is -0.411. The van der Waals surface area contributed by atoms with Gasteiger partial charge in [0.25, 0.3) is 0 Å². The van der Waals surface area contributed by atoms with Crippen LogP contribution in [0, 0.1) is 51.8 Å². The minimum absolute atomic E-state index is 0.0386. The van der Waals surface area contributed by atoms with E-state index in [9.17, 15) is 4.79 Å². The molecular weight excluding hydrogens is 416 g/mol. The molecule has 0 N–H and O–H groups in total. The molecule has 0 aromatic carbocycles. The van der Waals surface area contributed by atoms with Crippen LogP contribution in [-0.2, 0) is 9.53 Å². The van der Waals surface area contributed by atoms with Gasteiger partial charge >= 0.3 is 5.97 Å². The van der Waals surface area contributed by atoms with Crippen molar-refractivity contribution in [3.63, 3.8) is 0 Å². The zero-order chi connectivity index (χ0) is 24.9. The van der Waals surface area contributed by atoms with Crippen molar-refractivity contribution in [2.24, 2.45) is 51.8 Å². The molecule has 0 heterocycles. The quantitative estimate of drug-likeness (QED) is 0.286. The Bertz CT molecular complexity index is 772. The molecule has 0 aromatic heterocycles. The van der Waals surface area contributed by atoms with Crippen LogP contribution in [0.3, 0.4) is 0 Å². The average molecular weight is 471 g/mol. The molecular formula is C32H54O2. The normalized spacial score (nSPS) is 40.7. The summed E-state index contributed by atoms with van der Waals surface area (Å²) in [5.74, 6) is 5.22. The number of ether oxygens (including phenoxy) is 1. The van der Waals surface area contributed by atoms with Gasteiger partial charge in [-0.25, -0.2) is 0 Å². The third-order valence-electron chi connectivity index (χ3n) is 11.1. The molecule has 2 nitrogen and oxygen atoms in total. The van der Waals surface area contributed by atoms with Crippen LogP contribution in [0.5, 0.6) is 0 Å². The number of carbonyl (C=O) groups excluding carboxylic acids is 1. The van der Waals surface area contributed by atoms with Gasteiger partial charge in [-0.1, -0.05) is 65.5 Å². The summed E-state index contributed by atoms with van der Waals surface area (Å²) in [6.45, 7) is 18.5. The number of carbonyl (C=O) groups is 1. The molecule has 0 aromatic rings. The number of allylic oxidation sites excluding steroid dienone is 1. The highest BCUT2D eigenvalue weighted by Crippen LogP contribution is 2.67. The predicted octanol–water partition coefficient (Wildman–Crippen LogP) is 8.99. The molecule has 4 aliphatic rings. The van der Waals surface area contributed by atoms with Crippen molar-refractivity contribution in [1.29, 1.82) is 0 Å². The summed E-state index contributed by atoms with van der Waals surface area (Å²) in [6.07, 6.45) is 17.2. The van der Waals surface area contributed by atoms with E-state index < -0.39 is 5.41 Å². The van der Waals surface area contributed by atoms with E-state index in [1.807, 2.05) is 20.8 Å². The van der Waals surface area contributed by atoms with Crippen LogP contribution in [0.15, 0.2) is 11.6 Å². The highest BCUT2D eigenvalue weighted by atomic mass is 16.5. The fraction of sp³-hybridized carbons (Fsp3) is 0.906. The Kier molecular flexibility index (Phi) is 7.41. The second-order valence-corrected chi connectivity index (χ2v) is 14.8. The summed E-state index contributed by atoms with van der Waals surface area (Å²) < 4.78 is 5.98. The molecule has 0 spiro atoms. The van der Waals surface area contributed by atoms with Gasteiger partial charge in [-0.3, -0.25) is 4.79 Å². The molecule has 34 heavy (non-hydrogen) atoms. The highest BCUT2D eigenvalue weighted by molar-refractivity contribution is 5.75. The topological polar surface area (TPSA) is 26.3 Å². The second kappa shape index (κ2) is 9.59. The van der Waals surface area contributed by atoms with Crippen LogP contribution in [0.4, 0.5) is 0 Å². The molecule has 4 rings (SSSR count). The molecule has 0 saturated heterocycles. The van der Waals surface area contributed by atoms with E-state index in [1.54, 1.807) is 5.57 Å². The maximum Gasteiger partial charge on any atom is 0.311 e. The van der Waals surface area contributed by atoms with Crippen LogP contribution in [0.2, 0.25) is 0 Å². The predicted molar refractivity (Wildman–Crippen MR) is 142 cm³/mol. The van der Waals surface area contributed by atoms with E-state index in [1.165, 1.54) is 57.8 Å². The Hall–Kier alpha value is -0.790. The Balaban J connectivity index is 1.44. The van der Waals surface area contributed by atoms with Gasteiger partial charge in [0.15, 0.2) is 0 Å². The Morgan fingerprint density at radius 2 is 1.76 bits per heavy atom. The second-order valence-electron chi connectivity index (χ2n) is 14.8. The first-order valence-corrected chi connectivity index (χ1v) is 14.8. The molecule has 8 unspecified atom stereocenters. The van der Waals surface area contributed by atoms with E-state index in [4.69, 9.17) is 4.74 Å². The molecule has 3 fully saturated rings. The van der Waals surface area contributed by atoms with E-state index in [0.29, 0.717) is 10.8 Å². The number of esters is 1. The third kappa shape index (κ3) is 4.78. The van der Waals surface area contributed by atoms with E-state index in [-0.39, 0.29) is 12.1 Å². The SMILES string of the molecule is CC(C)CCCC(C)C1CCC2C3CC=C4CC(OC(=O)C(C)(C)C)CCC4(C)C3CCC12C. The zero-order valence-corrected chi connectivity index (χ0v) is 23.7. The van der Waals surface area contributed by atoms with Gasteiger partial charge in [0, 0.05) is 6.42 Å². The largest absolute Gasteiger partial charge is 0.462 e. The van der Waals surface area contributed by atoms with Crippen molar-refractivity contribution < 1.29 is 9.53 Å². The first-order valence-electron chi connectivity index (χ1n) is 14.8. The van der Waals surface area contributed by atoms with Gasteiger partial charge in [0.2, 0.25) is 0 Å². The van der Waals surface area contributed by atoms with Gasteiger partial charge in [0.1, 0.15) is 6.10 Å². The first kappa shape index (κ1) is 26.3. The summed E-state index contributed by atoms with van der Waals surface area (Å²) in [5.41, 5.74) is 2.09. The first-order chi connectivity index (χ1) is 15.9. The summed E-state index contributed by atoms with van der Waals surface area (Å²) in [7, 11) is 0. The molecule has 2 heteroatoms. The smallest absolute Gasteiger partial charge is 0.311 e. The maximum absolute atomic E-state index is 12.5. The summed E-state index contributed by atoms with van der Waals surface area (Å²) in [5, 5.41) is 0. The fourth-order valence-corrected chi connectivity index (χ4v) is 9.08. The number of hydrogen-bond donors (Lipinski definition) is 0. The average Bonchev–Trinajstić information content (AvgIpc) is 3.10. The summed E-state index contributed by atoms with van der Waals surface area (Å²) in [6, 6.07) is 0. The van der Waals surface area contributed by atoms with Crippen molar-refractivity contribution in [2.45, 2.75) is 132 Å². The number of hydrogen-bond acceptors (Lipinski definition) is 2. The Morgan fingerprint density at radius 1 is 1.03 bits per heavy atom. The Morgan fingerprint density at radius 3 is 2.44 bits per heavy atom. The highest BCUT2D eigenvalue weighted by Gasteiger charge is 2.59. The maximum atomic E-state index is 12.5. The third-order valence-corrected chi connectivity index (χ3v) is 11.1. The Labute approximate surface area is 211 Å². The molecule has 194 valence electrons. The van der Waals surface area contributed by atoms with E-state index >= 15 is 0 Å². The van der Waals surface area contributed by atoms with Gasteiger partial charge in [-0.2, -0.15) is 0 Å². The molecule has 4 aliphatic carbocycles. The lowest BCUT2D eigenvalue weighted by Crippen LogP contribution is -2.51. The lowest BCUT2D eigenvalue weighted by Gasteiger charge is -2.58. The standard InChI is InChI=1S/C32H54O2/c1-21(2)10-9-11-22(3)26-14-15-27-25-13-12-23-20-24(34-29(33)30(4,5)6)16-18-31(23,7)28(25)17-19-32(26,27)8/h12,21-22,24-28H,9-11,13-20H2,1-8H3. The lowest BCUT2D eigenvalue weighted by atomic mass is 9.47. The summed E-state index contributed by atoms with van der Waals surface area (Å²) in [4.78, 5) is 12.5. The van der Waals surface area contributed by atoms with Crippen molar-refractivity contribution in [3.05, 3.63) is 11.6 Å². The van der Waals surface area contributed by atoms with Crippen LogP contribution < -0.4 is 0 Å².